The largest absolute Gasteiger partial charge is 0.309 e. The third-order valence-electron chi connectivity index (χ3n) is 12.7. The predicted molar refractivity (Wildman–Crippen MR) is 260 cm³/mol. The zero-order valence-electron chi connectivity index (χ0n) is 33.6. The monoisotopic (exact) mass is 788 g/mol. The number of hydrogen-bond acceptors (Lipinski definition) is 2. The molecule has 0 aliphatic carbocycles. The highest BCUT2D eigenvalue weighted by Crippen LogP contribution is 2.42. The molecule has 3 aromatic heterocycles. The first-order valence-corrected chi connectivity index (χ1v) is 21.2. The van der Waals surface area contributed by atoms with Gasteiger partial charge in [0, 0.05) is 43.6 Å². The molecule has 0 saturated carbocycles. The number of hydrogen-bond donors (Lipinski definition) is 0. The van der Waals surface area contributed by atoms with Gasteiger partial charge in [0.25, 0.3) is 0 Å². The molecule has 0 unspecified atom stereocenters. The van der Waals surface area contributed by atoms with Crippen molar-refractivity contribution in [1.82, 2.24) is 19.1 Å². The zero-order chi connectivity index (χ0) is 40.7. The average Bonchev–Trinajstić information content (AvgIpc) is 3.86. The molecule has 0 fully saturated rings. The molecule has 0 bridgehead atoms. The van der Waals surface area contributed by atoms with E-state index in [4.69, 9.17) is 9.97 Å². The van der Waals surface area contributed by atoms with Crippen molar-refractivity contribution in [3.05, 3.63) is 218 Å². The van der Waals surface area contributed by atoms with Gasteiger partial charge in [-0.15, -0.1) is 0 Å². The minimum atomic E-state index is 0.664. The Morgan fingerprint density at radius 2 is 0.855 bits per heavy atom. The molecular weight excluding hydrogens is 753 g/mol. The lowest BCUT2D eigenvalue weighted by Gasteiger charge is -2.13. The molecule has 13 aromatic rings. The number of fused-ring (bicyclic) bond motifs is 10. The van der Waals surface area contributed by atoms with Crippen LogP contribution in [0.5, 0.6) is 0 Å². The maximum Gasteiger partial charge on any atom is 0.235 e. The summed E-state index contributed by atoms with van der Waals surface area (Å²) in [5, 5.41) is 10.8. The summed E-state index contributed by atoms with van der Waals surface area (Å²) in [6.45, 7) is 0. The van der Waals surface area contributed by atoms with Crippen molar-refractivity contribution in [3.8, 4) is 45.1 Å². The van der Waals surface area contributed by atoms with Gasteiger partial charge in [0.15, 0.2) is 0 Å². The molecule has 10 aromatic carbocycles. The summed E-state index contributed by atoms with van der Waals surface area (Å²) in [5.74, 6) is 0.664. The van der Waals surface area contributed by atoms with Crippen LogP contribution in [0.25, 0.3) is 121 Å². The molecule has 0 atom stereocenters. The van der Waals surface area contributed by atoms with E-state index in [2.05, 4.69) is 215 Å². The minimum absolute atomic E-state index is 0.664. The van der Waals surface area contributed by atoms with E-state index in [0.717, 1.165) is 33.2 Å². The summed E-state index contributed by atoms with van der Waals surface area (Å²) < 4.78 is 4.64. The zero-order valence-corrected chi connectivity index (χ0v) is 33.6. The van der Waals surface area contributed by atoms with Crippen LogP contribution >= 0.6 is 0 Å². The Morgan fingerprint density at radius 1 is 0.306 bits per heavy atom. The van der Waals surface area contributed by atoms with Crippen molar-refractivity contribution in [2.75, 3.05) is 0 Å². The van der Waals surface area contributed by atoms with Crippen LogP contribution in [0.2, 0.25) is 0 Å². The Morgan fingerprint density at radius 3 is 1.63 bits per heavy atom. The van der Waals surface area contributed by atoms with Crippen LogP contribution in [0.4, 0.5) is 0 Å². The van der Waals surface area contributed by atoms with Crippen LogP contribution in [0.3, 0.4) is 0 Å². The van der Waals surface area contributed by atoms with Crippen LogP contribution < -0.4 is 0 Å². The number of rotatable bonds is 5. The van der Waals surface area contributed by atoms with Crippen molar-refractivity contribution >= 4 is 76.1 Å². The highest BCUT2D eigenvalue weighted by atomic mass is 15.2. The first kappa shape index (κ1) is 34.5. The second-order valence-corrected chi connectivity index (χ2v) is 16.2. The summed E-state index contributed by atoms with van der Waals surface area (Å²) in [7, 11) is 0. The molecule has 62 heavy (non-hydrogen) atoms. The SMILES string of the molecule is c1ccc(-c2nc(-n3c4ccccc4c4cc(-c5ccc6cc(-c7cc8c9ccccc9n(-c9ccccc9)c8c8ccccc78)ccc6c5)ccc43)nc3ccccc23)cc1. The molecule has 4 heteroatoms. The average molecular weight is 789 g/mol. The van der Waals surface area contributed by atoms with E-state index < -0.39 is 0 Å². The van der Waals surface area contributed by atoms with E-state index in [-0.39, 0.29) is 0 Å². The Balaban J connectivity index is 0.931. The van der Waals surface area contributed by atoms with Gasteiger partial charge in [-0.2, -0.15) is 0 Å². The molecule has 0 radical (unpaired) electrons. The molecule has 0 aliphatic rings. The van der Waals surface area contributed by atoms with Gasteiger partial charge in [-0.1, -0.05) is 158 Å². The predicted octanol–water partition coefficient (Wildman–Crippen LogP) is 15.1. The third kappa shape index (κ3) is 5.27. The normalized spacial score (nSPS) is 11.9. The lowest BCUT2D eigenvalue weighted by molar-refractivity contribution is 1.01. The van der Waals surface area contributed by atoms with Crippen LogP contribution in [-0.4, -0.2) is 19.1 Å². The first-order chi connectivity index (χ1) is 30.7. The van der Waals surface area contributed by atoms with E-state index in [1.165, 1.54) is 82.1 Å². The van der Waals surface area contributed by atoms with Gasteiger partial charge < -0.3 is 4.57 Å². The Hall–Kier alpha value is -8.34. The van der Waals surface area contributed by atoms with Crippen molar-refractivity contribution in [2.45, 2.75) is 0 Å². The fourth-order valence-electron chi connectivity index (χ4n) is 9.85. The van der Waals surface area contributed by atoms with Crippen molar-refractivity contribution < 1.29 is 0 Å². The topological polar surface area (TPSA) is 35.6 Å². The summed E-state index contributed by atoms with van der Waals surface area (Å²) in [6.07, 6.45) is 0. The molecule has 0 spiro atoms. The van der Waals surface area contributed by atoms with Crippen LogP contribution in [0, 0.1) is 0 Å². The smallest absolute Gasteiger partial charge is 0.235 e. The molecule has 288 valence electrons. The van der Waals surface area contributed by atoms with E-state index in [1.807, 2.05) is 12.1 Å². The fraction of sp³-hybridized carbons (Fsp3) is 0. The van der Waals surface area contributed by atoms with Crippen LogP contribution in [0.1, 0.15) is 0 Å². The summed E-state index contributed by atoms with van der Waals surface area (Å²) in [4.78, 5) is 10.4. The highest BCUT2D eigenvalue weighted by molar-refractivity contribution is 6.22. The fourth-order valence-corrected chi connectivity index (χ4v) is 9.85. The quantitative estimate of drug-likeness (QED) is 0.174. The maximum atomic E-state index is 5.27. The number of para-hydroxylation sites is 4. The van der Waals surface area contributed by atoms with Crippen LogP contribution in [-0.2, 0) is 0 Å². The molecular formula is C58H36N4. The van der Waals surface area contributed by atoms with Crippen LogP contribution in [0.15, 0.2) is 218 Å². The van der Waals surface area contributed by atoms with E-state index in [0.29, 0.717) is 5.95 Å². The Kier molecular flexibility index (Phi) is 7.57. The van der Waals surface area contributed by atoms with Gasteiger partial charge in [0.2, 0.25) is 5.95 Å². The third-order valence-corrected chi connectivity index (χ3v) is 12.7. The molecule has 13 rings (SSSR count). The molecule has 3 heterocycles. The summed E-state index contributed by atoms with van der Waals surface area (Å²) in [6, 6.07) is 78.7. The molecule has 0 saturated heterocycles. The highest BCUT2D eigenvalue weighted by Gasteiger charge is 2.20. The lowest BCUT2D eigenvalue weighted by atomic mass is 9.93. The summed E-state index contributed by atoms with van der Waals surface area (Å²) in [5.41, 5.74) is 13.5. The van der Waals surface area contributed by atoms with Gasteiger partial charge in [0.05, 0.1) is 33.3 Å². The second kappa shape index (κ2) is 13.6. The first-order valence-electron chi connectivity index (χ1n) is 21.2. The van der Waals surface area contributed by atoms with Crippen molar-refractivity contribution in [1.29, 1.82) is 0 Å². The van der Waals surface area contributed by atoms with Gasteiger partial charge >= 0.3 is 0 Å². The van der Waals surface area contributed by atoms with E-state index >= 15 is 0 Å². The van der Waals surface area contributed by atoms with E-state index in [1.54, 1.807) is 0 Å². The molecule has 4 nitrogen and oxygen atoms in total. The molecule has 0 amide bonds. The van der Waals surface area contributed by atoms with Gasteiger partial charge in [-0.05, 0) is 99.1 Å². The number of nitrogens with zero attached hydrogens (tertiary/aromatic N) is 4. The van der Waals surface area contributed by atoms with E-state index in [9.17, 15) is 0 Å². The van der Waals surface area contributed by atoms with Crippen molar-refractivity contribution in [2.24, 2.45) is 0 Å². The molecule has 0 N–H and O–H groups in total. The Bertz CT molecular complexity index is 3920. The molecule has 0 aliphatic heterocycles. The van der Waals surface area contributed by atoms with Crippen molar-refractivity contribution in [3.63, 3.8) is 0 Å². The second-order valence-electron chi connectivity index (χ2n) is 16.2. The lowest BCUT2D eigenvalue weighted by Crippen LogP contribution is -2.03. The minimum Gasteiger partial charge on any atom is -0.309 e. The Labute approximate surface area is 357 Å². The van der Waals surface area contributed by atoms with Gasteiger partial charge in [-0.25, -0.2) is 9.97 Å². The summed E-state index contributed by atoms with van der Waals surface area (Å²) >= 11 is 0. The van der Waals surface area contributed by atoms with Gasteiger partial charge in [0.1, 0.15) is 0 Å². The number of aromatic nitrogens is 4. The number of benzene rings is 10. The standard InChI is InChI=1S/C58H36N4/c1-3-15-37(16-4-1)56-48-23-9-12-24-52(48)59-58(60-56)62-54-26-14-10-20-45(54)50-35-41(31-32-55(50)62)39-27-28-40-34-42(30-29-38(40)33-39)49-36-51-46-21-11-13-25-53(46)61(43-17-5-2-6-18-43)57(51)47-22-8-7-19-44(47)49/h1-36H. The van der Waals surface area contributed by atoms with Gasteiger partial charge in [-0.3, -0.25) is 4.57 Å². The maximum absolute atomic E-state index is 5.27.